The van der Waals surface area contributed by atoms with Crippen LogP contribution in [0.3, 0.4) is 0 Å². The summed E-state index contributed by atoms with van der Waals surface area (Å²) in [6.07, 6.45) is 3.76. The van der Waals surface area contributed by atoms with Gasteiger partial charge in [0.15, 0.2) is 0 Å². The summed E-state index contributed by atoms with van der Waals surface area (Å²) in [5.41, 5.74) is 2.40. The Kier molecular flexibility index (Phi) is 4.79. The molecule has 0 spiro atoms. The van der Waals surface area contributed by atoms with Gasteiger partial charge in [-0.2, -0.15) is 0 Å². The number of nitrogens with zero attached hydrogens (tertiary/aromatic N) is 4. The highest BCUT2D eigenvalue weighted by Crippen LogP contribution is 2.22. The van der Waals surface area contributed by atoms with E-state index in [-0.39, 0.29) is 0 Å². The molecule has 4 heteroatoms. The molecule has 0 bridgehead atoms. The van der Waals surface area contributed by atoms with Gasteiger partial charge in [0, 0.05) is 25.6 Å². The first-order valence-electron chi connectivity index (χ1n) is 8.48. The van der Waals surface area contributed by atoms with E-state index in [9.17, 15) is 0 Å². The molecule has 0 radical (unpaired) electrons. The maximum Gasteiger partial charge on any atom is 0.111 e. The summed E-state index contributed by atoms with van der Waals surface area (Å²) in [5.74, 6) is 1.24. The Hall–Kier alpha value is -1.39. The number of para-hydroxylation sites is 2. The number of fused-ring (bicyclic) bond motifs is 1. The highest BCUT2D eigenvalue weighted by atomic mass is 15.2. The molecule has 1 aliphatic heterocycles. The normalized spacial score (nSPS) is 17.6. The zero-order valence-corrected chi connectivity index (χ0v) is 14.1. The summed E-state index contributed by atoms with van der Waals surface area (Å²) in [6.45, 7) is 6.99. The van der Waals surface area contributed by atoms with E-state index in [1.807, 2.05) is 0 Å². The average molecular weight is 300 g/mol. The van der Waals surface area contributed by atoms with Crippen LogP contribution in [-0.4, -0.2) is 59.6 Å². The van der Waals surface area contributed by atoms with Crippen LogP contribution in [0.2, 0.25) is 0 Å². The standard InChI is InChI=1S/C18H28N4/c1-15(14-20(2)3)22-17-9-5-4-8-16(17)19-18(22)10-13-21-11-6-7-12-21/h4-5,8-9,15H,6-7,10-14H2,1-3H3. The maximum atomic E-state index is 4.92. The molecule has 0 N–H and O–H groups in total. The van der Waals surface area contributed by atoms with Gasteiger partial charge in [0.25, 0.3) is 0 Å². The second kappa shape index (κ2) is 6.80. The summed E-state index contributed by atoms with van der Waals surface area (Å²) in [6, 6.07) is 8.98. The van der Waals surface area contributed by atoms with Crippen molar-refractivity contribution in [1.82, 2.24) is 19.4 Å². The molecule has 2 aromatic rings. The molecule has 3 rings (SSSR count). The lowest BCUT2D eigenvalue weighted by Gasteiger charge is -2.22. The smallest absolute Gasteiger partial charge is 0.111 e. The van der Waals surface area contributed by atoms with Gasteiger partial charge in [-0.3, -0.25) is 0 Å². The Labute approximate surface area is 133 Å². The fourth-order valence-corrected chi connectivity index (χ4v) is 3.64. The number of rotatable bonds is 6. The quantitative estimate of drug-likeness (QED) is 0.820. The van der Waals surface area contributed by atoms with E-state index in [2.05, 4.69) is 59.7 Å². The first-order valence-corrected chi connectivity index (χ1v) is 8.48. The monoisotopic (exact) mass is 300 g/mol. The van der Waals surface area contributed by atoms with Crippen molar-refractivity contribution >= 4 is 11.0 Å². The third-order valence-electron chi connectivity index (χ3n) is 4.59. The molecule has 4 nitrogen and oxygen atoms in total. The molecule has 1 aromatic heterocycles. The third-order valence-corrected chi connectivity index (χ3v) is 4.59. The molecule has 0 amide bonds. The molecular weight excluding hydrogens is 272 g/mol. The molecule has 0 saturated carbocycles. The number of imidazole rings is 1. The molecule has 1 atom stereocenters. The van der Waals surface area contributed by atoms with Crippen molar-refractivity contribution in [3.05, 3.63) is 30.1 Å². The lowest BCUT2D eigenvalue weighted by Crippen LogP contribution is -2.26. The van der Waals surface area contributed by atoms with Crippen LogP contribution >= 0.6 is 0 Å². The predicted octanol–water partition coefficient (Wildman–Crippen LogP) is 2.80. The van der Waals surface area contributed by atoms with E-state index in [0.717, 1.165) is 25.0 Å². The SMILES string of the molecule is CC(CN(C)C)n1c(CCN2CCCC2)nc2ccccc21. The Morgan fingerprint density at radius 1 is 1.18 bits per heavy atom. The maximum absolute atomic E-state index is 4.92. The highest BCUT2D eigenvalue weighted by Gasteiger charge is 2.18. The first kappa shape index (κ1) is 15.5. The molecule has 1 aliphatic rings. The van der Waals surface area contributed by atoms with Crippen LogP contribution in [-0.2, 0) is 6.42 Å². The van der Waals surface area contributed by atoms with E-state index in [0.29, 0.717) is 6.04 Å². The minimum Gasteiger partial charge on any atom is -0.324 e. The topological polar surface area (TPSA) is 24.3 Å². The van der Waals surface area contributed by atoms with E-state index in [4.69, 9.17) is 4.98 Å². The number of likely N-dealkylation sites (N-methyl/N-ethyl adjacent to an activating group) is 1. The van der Waals surface area contributed by atoms with Gasteiger partial charge in [0.2, 0.25) is 0 Å². The van der Waals surface area contributed by atoms with E-state index >= 15 is 0 Å². The van der Waals surface area contributed by atoms with Crippen LogP contribution in [0, 0.1) is 0 Å². The van der Waals surface area contributed by atoms with Gasteiger partial charge in [-0.1, -0.05) is 12.1 Å². The van der Waals surface area contributed by atoms with E-state index in [1.54, 1.807) is 0 Å². The molecule has 120 valence electrons. The second-order valence-electron chi connectivity index (χ2n) is 6.80. The van der Waals surface area contributed by atoms with Crippen LogP contribution in [0.15, 0.2) is 24.3 Å². The van der Waals surface area contributed by atoms with Gasteiger partial charge < -0.3 is 14.4 Å². The molecule has 22 heavy (non-hydrogen) atoms. The molecule has 2 heterocycles. The largest absolute Gasteiger partial charge is 0.324 e. The lowest BCUT2D eigenvalue weighted by molar-refractivity contribution is 0.321. The van der Waals surface area contributed by atoms with Gasteiger partial charge in [0.1, 0.15) is 5.82 Å². The summed E-state index contributed by atoms with van der Waals surface area (Å²) in [4.78, 5) is 9.74. The van der Waals surface area contributed by atoms with Crippen molar-refractivity contribution < 1.29 is 0 Å². The average Bonchev–Trinajstić information content (AvgIpc) is 3.11. The number of benzene rings is 1. The highest BCUT2D eigenvalue weighted by molar-refractivity contribution is 5.76. The molecule has 0 aliphatic carbocycles. The minimum atomic E-state index is 0.441. The second-order valence-corrected chi connectivity index (χ2v) is 6.80. The van der Waals surface area contributed by atoms with Crippen molar-refractivity contribution in [1.29, 1.82) is 0 Å². The van der Waals surface area contributed by atoms with Crippen LogP contribution in [0.5, 0.6) is 0 Å². The zero-order valence-electron chi connectivity index (χ0n) is 14.1. The third kappa shape index (κ3) is 3.33. The van der Waals surface area contributed by atoms with Gasteiger partial charge in [-0.15, -0.1) is 0 Å². The van der Waals surface area contributed by atoms with Gasteiger partial charge >= 0.3 is 0 Å². The Balaban J connectivity index is 1.86. The van der Waals surface area contributed by atoms with Crippen LogP contribution in [0.4, 0.5) is 0 Å². The van der Waals surface area contributed by atoms with Crippen LogP contribution < -0.4 is 0 Å². The van der Waals surface area contributed by atoms with Crippen LogP contribution in [0.1, 0.15) is 31.6 Å². The molecular formula is C18H28N4. The molecule has 1 unspecified atom stereocenters. The van der Waals surface area contributed by atoms with E-state index in [1.165, 1.54) is 37.3 Å². The van der Waals surface area contributed by atoms with Crippen molar-refractivity contribution in [3.63, 3.8) is 0 Å². The Morgan fingerprint density at radius 2 is 1.91 bits per heavy atom. The van der Waals surface area contributed by atoms with Crippen molar-refractivity contribution in [3.8, 4) is 0 Å². The van der Waals surface area contributed by atoms with Gasteiger partial charge in [-0.25, -0.2) is 4.98 Å². The molecule has 1 aromatic carbocycles. The van der Waals surface area contributed by atoms with Crippen molar-refractivity contribution in [2.75, 3.05) is 40.3 Å². The summed E-state index contributed by atoms with van der Waals surface area (Å²) in [5, 5.41) is 0. The minimum absolute atomic E-state index is 0.441. The molecule has 1 fully saturated rings. The van der Waals surface area contributed by atoms with Gasteiger partial charge in [0.05, 0.1) is 11.0 Å². The van der Waals surface area contributed by atoms with Crippen molar-refractivity contribution in [2.24, 2.45) is 0 Å². The molecule has 1 saturated heterocycles. The summed E-state index contributed by atoms with van der Waals surface area (Å²) < 4.78 is 2.45. The van der Waals surface area contributed by atoms with E-state index < -0.39 is 0 Å². The Bertz CT molecular complexity index is 611. The fourth-order valence-electron chi connectivity index (χ4n) is 3.64. The summed E-state index contributed by atoms with van der Waals surface area (Å²) in [7, 11) is 4.28. The lowest BCUT2D eigenvalue weighted by atomic mass is 10.2. The number of hydrogen-bond acceptors (Lipinski definition) is 3. The first-order chi connectivity index (χ1) is 10.6. The fraction of sp³-hybridized carbons (Fsp3) is 0.611. The van der Waals surface area contributed by atoms with Crippen LogP contribution in [0.25, 0.3) is 11.0 Å². The van der Waals surface area contributed by atoms with Crippen molar-refractivity contribution in [2.45, 2.75) is 32.2 Å². The zero-order chi connectivity index (χ0) is 15.5. The summed E-state index contributed by atoms with van der Waals surface area (Å²) >= 11 is 0. The number of likely N-dealkylation sites (tertiary alicyclic amines) is 1. The van der Waals surface area contributed by atoms with Gasteiger partial charge in [-0.05, 0) is 59.1 Å². The predicted molar refractivity (Wildman–Crippen MR) is 92.4 cm³/mol. The number of hydrogen-bond donors (Lipinski definition) is 0. The number of aromatic nitrogens is 2. The Morgan fingerprint density at radius 3 is 2.64 bits per heavy atom.